The molecule has 1 aromatic carbocycles. The first-order chi connectivity index (χ1) is 6.73. The number of hydrogen-bond donors (Lipinski definition) is 0. The normalized spacial score (nSPS) is 11.4. The number of nitrogens with zero attached hydrogens (tertiary/aromatic N) is 1. The van der Waals surface area contributed by atoms with Crippen molar-refractivity contribution in [1.29, 1.82) is 0 Å². The first-order valence-electron chi connectivity index (χ1n) is 3.31. The highest BCUT2D eigenvalue weighted by molar-refractivity contribution is 14.1. The maximum absolute atomic E-state index is 13.1. The summed E-state index contributed by atoms with van der Waals surface area (Å²) < 4.78 is 34.7. The molecule has 0 saturated heterocycles. The van der Waals surface area contributed by atoms with Crippen LogP contribution in [0.1, 0.15) is 0 Å². The number of benzene rings is 1. The second-order valence-electron chi connectivity index (χ2n) is 2.43. The molecule has 0 aliphatic heterocycles. The SMILES string of the molecule is O=[N+]([O-])c1cc(S(=O)(=O)Cl)cc(I)c1F. The maximum atomic E-state index is 13.1. The van der Waals surface area contributed by atoms with E-state index in [1.807, 2.05) is 0 Å². The maximum Gasteiger partial charge on any atom is 0.307 e. The van der Waals surface area contributed by atoms with Crippen LogP contribution in [0, 0.1) is 19.5 Å². The van der Waals surface area contributed by atoms with Crippen molar-refractivity contribution in [2.75, 3.05) is 0 Å². The van der Waals surface area contributed by atoms with Gasteiger partial charge in [0.2, 0.25) is 5.82 Å². The molecule has 82 valence electrons. The van der Waals surface area contributed by atoms with Gasteiger partial charge in [-0.2, -0.15) is 4.39 Å². The summed E-state index contributed by atoms with van der Waals surface area (Å²) in [5.74, 6) is -1.08. The van der Waals surface area contributed by atoms with E-state index in [1.165, 1.54) is 22.6 Å². The monoisotopic (exact) mass is 365 g/mol. The number of rotatable bonds is 2. The molecule has 15 heavy (non-hydrogen) atoms. The van der Waals surface area contributed by atoms with Gasteiger partial charge in [-0.3, -0.25) is 10.1 Å². The van der Waals surface area contributed by atoms with Crippen LogP contribution in [0.15, 0.2) is 17.0 Å². The third kappa shape index (κ3) is 2.75. The van der Waals surface area contributed by atoms with Crippen molar-refractivity contribution in [2.24, 2.45) is 0 Å². The standard InChI is InChI=1S/C6H2ClFINO4S/c7-15(13,14)3-1-4(9)6(8)5(2-3)10(11)12/h1-2H. The molecule has 1 rings (SSSR count). The third-order valence-corrected chi connectivity index (χ3v) is 3.58. The predicted molar refractivity (Wildman–Crippen MR) is 58.8 cm³/mol. The molecule has 0 atom stereocenters. The fourth-order valence-electron chi connectivity index (χ4n) is 0.824. The van der Waals surface area contributed by atoms with Crippen LogP contribution in [0.5, 0.6) is 0 Å². The summed E-state index contributed by atoms with van der Waals surface area (Å²) in [4.78, 5) is 8.87. The molecule has 0 fully saturated rings. The van der Waals surface area contributed by atoms with E-state index in [-0.39, 0.29) is 3.57 Å². The Morgan fingerprint density at radius 3 is 2.40 bits per heavy atom. The van der Waals surface area contributed by atoms with Crippen molar-refractivity contribution in [1.82, 2.24) is 0 Å². The third-order valence-electron chi connectivity index (χ3n) is 1.46. The second kappa shape index (κ2) is 4.18. The van der Waals surface area contributed by atoms with E-state index in [0.717, 1.165) is 6.07 Å². The highest BCUT2D eigenvalue weighted by atomic mass is 127. The summed E-state index contributed by atoms with van der Waals surface area (Å²) in [5, 5.41) is 10.4. The highest BCUT2D eigenvalue weighted by Crippen LogP contribution is 2.28. The first-order valence-corrected chi connectivity index (χ1v) is 6.70. The van der Waals surface area contributed by atoms with Crippen molar-refractivity contribution in [3.8, 4) is 0 Å². The van der Waals surface area contributed by atoms with Crippen molar-refractivity contribution in [3.63, 3.8) is 0 Å². The van der Waals surface area contributed by atoms with Gasteiger partial charge in [-0.25, -0.2) is 8.42 Å². The molecule has 0 aliphatic carbocycles. The summed E-state index contributed by atoms with van der Waals surface area (Å²) in [6.45, 7) is 0. The molecular weight excluding hydrogens is 363 g/mol. The Balaban J connectivity index is 3.57. The zero-order chi connectivity index (χ0) is 11.8. The van der Waals surface area contributed by atoms with Crippen molar-refractivity contribution >= 4 is 48.0 Å². The molecule has 0 unspecified atom stereocenters. The van der Waals surface area contributed by atoms with Crippen LogP contribution in [0.25, 0.3) is 0 Å². The Hall–Kier alpha value is -0.480. The molecule has 0 amide bonds. The number of hydrogen-bond acceptors (Lipinski definition) is 4. The van der Waals surface area contributed by atoms with E-state index >= 15 is 0 Å². The second-order valence-corrected chi connectivity index (χ2v) is 6.16. The average Bonchev–Trinajstić information content (AvgIpc) is 2.06. The van der Waals surface area contributed by atoms with Gasteiger partial charge in [0.1, 0.15) is 0 Å². The Morgan fingerprint density at radius 2 is 2.00 bits per heavy atom. The van der Waals surface area contributed by atoms with Crippen LogP contribution in [0.2, 0.25) is 0 Å². The lowest BCUT2D eigenvalue weighted by Crippen LogP contribution is -1.99. The molecule has 0 aliphatic rings. The molecular formula is C6H2ClFINO4S. The van der Waals surface area contributed by atoms with Gasteiger partial charge in [-0.1, -0.05) is 0 Å². The molecule has 9 heteroatoms. The summed E-state index contributed by atoms with van der Waals surface area (Å²) in [7, 11) is 0.882. The summed E-state index contributed by atoms with van der Waals surface area (Å²) in [6, 6.07) is 1.51. The Labute approximate surface area is 102 Å². The average molecular weight is 366 g/mol. The van der Waals surface area contributed by atoms with Crippen LogP contribution in [0.4, 0.5) is 10.1 Å². The topological polar surface area (TPSA) is 77.3 Å². The van der Waals surface area contributed by atoms with Gasteiger partial charge in [0.05, 0.1) is 13.4 Å². The van der Waals surface area contributed by atoms with Gasteiger partial charge in [-0.05, 0) is 28.7 Å². The minimum atomic E-state index is -4.10. The van der Waals surface area contributed by atoms with E-state index in [2.05, 4.69) is 0 Å². The quantitative estimate of drug-likeness (QED) is 0.349. The highest BCUT2D eigenvalue weighted by Gasteiger charge is 2.23. The summed E-state index contributed by atoms with van der Waals surface area (Å²) in [6.07, 6.45) is 0. The molecule has 0 spiro atoms. The summed E-state index contributed by atoms with van der Waals surface area (Å²) >= 11 is 1.45. The fourth-order valence-corrected chi connectivity index (χ4v) is 2.43. The van der Waals surface area contributed by atoms with E-state index in [4.69, 9.17) is 10.7 Å². The van der Waals surface area contributed by atoms with Gasteiger partial charge < -0.3 is 0 Å². The molecule has 0 heterocycles. The fraction of sp³-hybridized carbons (Fsp3) is 0. The van der Waals surface area contributed by atoms with Crippen LogP contribution in [0.3, 0.4) is 0 Å². The van der Waals surface area contributed by atoms with E-state index < -0.39 is 30.4 Å². The van der Waals surface area contributed by atoms with Gasteiger partial charge >= 0.3 is 5.69 Å². The number of nitro benzene ring substituents is 1. The smallest absolute Gasteiger partial charge is 0.258 e. The molecule has 0 bridgehead atoms. The Bertz CT molecular complexity index is 532. The molecule has 0 aromatic heterocycles. The molecule has 5 nitrogen and oxygen atoms in total. The van der Waals surface area contributed by atoms with Gasteiger partial charge in [0.25, 0.3) is 9.05 Å². The van der Waals surface area contributed by atoms with Crippen molar-refractivity contribution in [2.45, 2.75) is 4.90 Å². The molecule has 0 saturated carbocycles. The Morgan fingerprint density at radius 1 is 1.47 bits per heavy atom. The van der Waals surface area contributed by atoms with Crippen LogP contribution < -0.4 is 0 Å². The van der Waals surface area contributed by atoms with E-state index in [9.17, 15) is 22.9 Å². The lowest BCUT2D eigenvalue weighted by atomic mass is 10.3. The first kappa shape index (κ1) is 12.6. The van der Waals surface area contributed by atoms with Crippen LogP contribution in [-0.4, -0.2) is 13.3 Å². The lowest BCUT2D eigenvalue weighted by molar-refractivity contribution is -0.387. The van der Waals surface area contributed by atoms with Crippen LogP contribution in [-0.2, 0) is 9.05 Å². The molecule has 0 radical (unpaired) electrons. The van der Waals surface area contributed by atoms with E-state index in [1.54, 1.807) is 0 Å². The van der Waals surface area contributed by atoms with Gasteiger partial charge in [0.15, 0.2) is 0 Å². The minimum Gasteiger partial charge on any atom is -0.258 e. The van der Waals surface area contributed by atoms with Crippen LogP contribution >= 0.6 is 33.3 Å². The zero-order valence-electron chi connectivity index (χ0n) is 6.78. The predicted octanol–water partition coefficient (Wildman–Crippen LogP) is 2.27. The molecule has 1 aromatic rings. The molecule has 0 N–H and O–H groups in total. The Kier molecular flexibility index (Phi) is 3.51. The summed E-state index contributed by atoms with van der Waals surface area (Å²) in [5.41, 5.74) is -0.916. The number of nitro groups is 1. The van der Waals surface area contributed by atoms with Crippen molar-refractivity contribution in [3.05, 3.63) is 31.6 Å². The van der Waals surface area contributed by atoms with Gasteiger partial charge in [0, 0.05) is 16.7 Å². The lowest BCUT2D eigenvalue weighted by Gasteiger charge is -2.00. The van der Waals surface area contributed by atoms with Gasteiger partial charge in [-0.15, -0.1) is 0 Å². The zero-order valence-corrected chi connectivity index (χ0v) is 10.5. The van der Waals surface area contributed by atoms with Crippen molar-refractivity contribution < 1.29 is 17.7 Å². The minimum absolute atomic E-state index is 0.180. The number of halogens is 3. The largest absolute Gasteiger partial charge is 0.307 e. The van der Waals surface area contributed by atoms with E-state index in [0.29, 0.717) is 6.07 Å².